The van der Waals surface area contributed by atoms with Crippen LogP contribution in [0.3, 0.4) is 0 Å². The molecule has 0 aliphatic carbocycles. The molecule has 3 aromatic rings. The molecular formula is C27H42N4S3. The molecule has 0 radical (unpaired) electrons. The molecule has 1 N–H and O–H groups in total. The third-order valence-corrected chi connectivity index (χ3v) is 8.73. The zero-order chi connectivity index (χ0) is 24.3. The Hall–Kier alpha value is -0.990. The van der Waals surface area contributed by atoms with Crippen LogP contribution in [0.15, 0.2) is 18.2 Å². The molecule has 0 aliphatic heterocycles. The molecule has 1 atom stereocenters. The highest BCUT2D eigenvalue weighted by atomic mass is 32.2. The van der Waals surface area contributed by atoms with Crippen molar-refractivity contribution in [3.63, 3.8) is 0 Å². The van der Waals surface area contributed by atoms with E-state index >= 15 is 0 Å². The van der Waals surface area contributed by atoms with Crippen LogP contribution in [-0.2, 0) is 12.8 Å². The third-order valence-electron chi connectivity index (χ3n) is 6.38. The van der Waals surface area contributed by atoms with Gasteiger partial charge in [-0.3, -0.25) is 4.72 Å². The number of fused-ring (bicyclic) bond motifs is 1. The summed E-state index contributed by atoms with van der Waals surface area (Å²) in [6, 6.07) is 6.97. The lowest BCUT2D eigenvalue weighted by molar-refractivity contribution is 0.481. The summed E-state index contributed by atoms with van der Waals surface area (Å²) in [4.78, 5) is 2.79. The molecule has 0 bridgehead atoms. The van der Waals surface area contributed by atoms with E-state index in [0.717, 1.165) is 36.3 Å². The molecular weight excluding hydrogens is 477 g/mol. The van der Waals surface area contributed by atoms with Gasteiger partial charge in [0.1, 0.15) is 11.0 Å². The van der Waals surface area contributed by atoms with Crippen LogP contribution in [0.1, 0.15) is 81.2 Å². The zero-order valence-electron chi connectivity index (χ0n) is 21.7. The summed E-state index contributed by atoms with van der Waals surface area (Å²) in [6.45, 7) is 7.97. The van der Waals surface area contributed by atoms with Crippen molar-refractivity contribution < 1.29 is 0 Å². The molecule has 0 spiro atoms. The van der Waals surface area contributed by atoms with Gasteiger partial charge in [0.2, 0.25) is 0 Å². The molecule has 188 valence electrons. The van der Waals surface area contributed by atoms with Crippen LogP contribution in [0.5, 0.6) is 0 Å². The minimum Gasteiger partial charge on any atom is -0.251 e. The number of unbranched alkanes of at least 4 members (excludes halogenated alkanes) is 5. The molecule has 0 aliphatic rings. The standard InChI is InChI=1S/C27H42N4S3/c1-6-7-8-9-10-11-13-20(2)18-23-19-25(32-21(23)3)24-16-15-22(26-27(24)30-33-29-26)14-12-17-28-34-31(4)5/h15-16,19-20,28H,6-14,17-18H2,1-5H3. The first-order chi connectivity index (χ1) is 16.5. The Morgan fingerprint density at radius 3 is 2.56 bits per heavy atom. The molecule has 2 aromatic heterocycles. The van der Waals surface area contributed by atoms with Crippen molar-refractivity contribution in [1.82, 2.24) is 17.8 Å². The van der Waals surface area contributed by atoms with E-state index in [1.807, 2.05) is 11.3 Å². The van der Waals surface area contributed by atoms with Crippen molar-refractivity contribution in [3.8, 4) is 10.4 Å². The van der Waals surface area contributed by atoms with Gasteiger partial charge in [-0.15, -0.1) is 11.3 Å². The highest BCUT2D eigenvalue weighted by Crippen LogP contribution is 2.37. The van der Waals surface area contributed by atoms with Gasteiger partial charge in [0.15, 0.2) is 0 Å². The Balaban J connectivity index is 1.60. The van der Waals surface area contributed by atoms with Gasteiger partial charge in [0, 0.05) is 34.0 Å². The number of aromatic nitrogens is 2. The number of nitrogens with one attached hydrogen (secondary N) is 1. The number of nitrogens with zero attached hydrogens (tertiary/aromatic N) is 3. The number of aryl methyl sites for hydroxylation is 2. The Morgan fingerprint density at radius 1 is 1.00 bits per heavy atom. The van der Waals surface area contributed by atoms with Crippen molar-refractivity contribution >= 4 is 46.2 Å². The summed E-state index contributed by atoms with van der Waals surface area (Å²) in [7, 11) is 4.10. The van der Waals surface area contributed by atoms with E-state index in [4.69, 9.17) is 4.37 Å². The first-order valence-electron chi connectivity index (χ1n) is 12.9. The maximum atomic E-state index is 4.71. The fourth-order valence-electron chi connectivity index (χ4n) is 4.45. The Kier molecular flexibility index (Phi) is 11.8. The van der Waals surface area contributed by atoms with Gasteiger partial charge in [-0.05, 0) is 63.4 Å². The Bertz CT molecular complexity index is 995. The van der Waals surface area contributed by atoms with E-state index in [0.29, 0.717) is 0 Å². The molecule has 4 nitrogen and oxygen atoms in total. The van der Waals surface area contributed by atoms with E-state index in [1.165, 1.54) is 89.5 Å². The minimum absolute atomic E-state index is 0.745. The lowest BCUT2D eigenvalue weighted by Crippen LogP contribution is -2.14. The number of rotatable bonds is 16. The molecule has 0 saturated heterocycles. The number of hydrogen-bond acceptors (Lipinski definition) is 7. The largest absolute Gasteiger partial charge is 0.251 e. The van der Waals surface area contributed by atoms with Gasteiger partial charge in [-0.1, -0.05) is 70.9 Å². The van der Waals surface area contributed by atoms with Crippen LogP contribution in [0, 0.1) is 12.8 Å². The average Bonchev–Trinajstić information content (AvgIpc) is 3.43. The molecule has 3 rings (SSSR count). The molecule has 0 amide bonds. The maximum absolute atomic E-state index is 4.71. The predicted octanol–water partition coefficient (Wildman–Crippen LogP) is 8.30. The van der Waals surface area contributed by atoms with E-state index in [9.17, 15) is 0 Å². The minimum atomic E-state index is 0.745. The summed E-state index contributed by atoms with van der Waals surface area (Å²) >= 11 is 4.90. The predicted molar refractivity (Wildman–Crippen MR) is 154 cm³/mol. The highest BCUT2D eigenvalue weighted by molar-refractivity contribution is 7.95. The van der Waals surface area contributed by atoms with Gasteiger partial charge in [-0.2, -0.15) is 8.75 Å². The van der Waals surface area contributed by atoms with Gasteiger partial charge in [0.05, 0.1) is 11.7 Å². The van der Waals surface area contributed by atoms with Crippen LogP contribution >= 0.6 is 35.2 Å². The molecule has 2 heterocycles. The quantitative estimate of drug-likeness (QED) is 0.152. The van der Waals surface area contributed by atoms with Gasteiger partial charge in [0.25, 0.3) is 0 Å². The number of benzene rings is 1. The van der Waals surface area contributed by atoms with Crippen molar-refractivity contribution in [3.05, 3.63) is 34.2 Å². The van der Waals surface area contributed by atoms with E-state index in [2.05, 4.69) is 66.5 Å². The fraction of sp³-hybridized carbons (Fsp3) is 0.630. The highest BCUT2D eigenvalue weighted by Gasteiger charge is 2.16. The monoisotopic (exact) mass is 518 g/mol. The van der Waals surface area contributed by atoms with Gasteiger partial charge < -0.3 is 0 Å². The van der Waals surface area contributed by atoms with Crippen molar-refractivity contribution in [2.45, 2.75) is 85.0 Å². The van der Waals surface area contributed by atoms with Crippen molar-refractivity contribution in [1.29, 1.82) is 0 Å². The normalized spacial score (nSPS) is 12.8. The molecule has 0 fully saturated rings. The van der Waals surface area contributed by atoms with E-state index in [1.54, 1.807) is 12.1 Å². The smallest absolute Gasteiger partial charge is 0.113 e. The Labute approximate surface area is 219 Å². The molecule has 1 unspecified atom stereocenters. The van der Waals surface area contributed by atoms with E-state index in [-0.39, 0.29) is 0 Å². The van der Waals surface area contributed by atoms with Crippen LogP contribution in [0.25, 0.3) is 21.5 Å². The van der Waals surface area contributed by atoms with Gasteiger partial charge in [-0.25, -0.2) is 4.31 Å². The number of thiophene rings is 1. The second-order valence-electron chi connectivity index (χ2n) is 9.69. The first-order valence-corrected chi connectivity index (χ1v) is 15.2. The topological polar surface area (TPSA) is 41.0 Å². The summed E-state index contributed by atoms with van der Waals surface area (Å²) in [5.41, 5.74) is 6.24. The maximum Gasteiger partial charge on any atom is 0.113 e. The van der Waals surface area contributed by atoms with Crippen LogP contribution < -0.4 is 4.72 Å². The van der Waals surface area contributed by atoms with Crippen LogP contribution in [-0.4, -0.2) is 33.7 Å². The molecule has 7 heteroatoms. The Morgan fingerprint density at radius 2 is 1.76 bits per heavy atom. The molecule has 34 heavy (non-hydrogen) atoms. The lowest BCUT2D eigenvalue weighted by atomic mass is 9.95. The third kappa shape index (κ3) is 8.30. The SMILES string of the molecule is CCCCCCCCC(C)Cc1cc(-c2ccc(CCCNSN(C)C)c3nsnc23)sc1C. The van der Waals surface area contributed by atoms with Gasteiger partial charge >= 0.3 is 0 Å². The number of hydrogen-bond donors (Lipinski definition) is 1. The fourth-order valence-corrected chi connectivity index (χ4v) is 6.62. The summed E-state index contributed by atoms with van der Waals surface area (Å²) in [5, 5.41) is 0. The summed E-state index contributed by atoms with van der Waals surface area (Å²) < 4.78 is 14.8. The first kappa shape index (κ1) is 27.6. The average molecular weight is 519 g/mol. The van der Waals surface area contributed by atoms with Crippen LogP contribution in [0.2, 0.25) is 0 Å². The second-order valence-corrected chi connectivity index (χ2v) is 12.7. The van der Waals surface area contributed by atoms with E-state index < -0.39 is 0 Å². The summed E-state index contributed by atoms with van der Waals surface area (Å²) in [5.74, 6) is 0.745. The summed E-state index contributed by atoms with van der Waals surface area (Å²) in [6.07, 6.45) is 12.9. The van der Waals surface area contributed by atoms with Crippen molar-refractivity contribution in [2.24, 2.45) is 5.92 Å². The zero-order valence-corrected chi connectivity index (χ0v) is 24.1. The molecule has 1 aromatic carbocycles. The molecule has 0 saturated carbocycles. The second kappa shape index (κ2) is 14.5. The lowest BCUT2D eigenvalue weighted by Gasteiger charge is -2.11. The van der Waals surface area contributed by atoms with Crippen molar-refractivity contribution in [2.75, 3.05) is 20.6 Å². The van der Waals surface area contributed by atoms with Crippen LogP contribution in [0.4, 0.5) is 0 Å².